The maximum Gasteiger partial charge on any atom is 0.256 e. The number of anilines is 1. The third kappa shape index (κ3) is 5.40. The van der Waals surface area contributed by atoms with Crippen LogP contribution in [0.5, 0.6) is 0 Å². The second-order valence-corrected chi connectivity index (χ2v) is 12.6. The molecule has 1 aliphatic heterocycles. The van der Waals surface area contributed by atoms with Crippen molar-refractivity contribution in [1.82, 2.24) is 9.62 Å². The zero-order valence-corrected chi connectivity index (χ0v) is 22.1. The molecule has 4 N–H and O–H groups in total. The number of carbonyl (C=O) groups excluding carboxylic acids is 2. The number of benzene rings is 1. The van der Waals surface area contributed by atoms with E-state index in [9.17, 15) is 18.0 Å². The molecule has 0 saturated carbocycles. The highest BCUT2D eigenvalue weighted by molar-refractivity contribution is 7.89. The smallest absolute Gasteiger partial charge is 0.256 e. The lowest BCUT2D eigenvalue weighted by molar-refractivity contribution is 0.0999. The second kappa shape index (κ2) is 9.69. The number of nitrogens with zero attached hydrogens (tertiary/aromatic N) is 1. The van der Waals surface area contributed by atoms with Gasteiger partial charge in [0, 0.05) is 34.6 Å². The molecule has 2 amide bonds. The minimum Gasteiger partial charge on any atom is -0.365 e. The first kappa shape index (κ1) is 26.8. The molecule has 1 aromatic heterocycles. The quantitative estimate of drug-likeness (QED) is 0.440. The molecule has 10 heteroatoms. The normalized spacial score (nSPS) is 16.4. The molecule has 1 aliphatic rings. The van der Waals surface area contributed by atoms with Crippen LogP contribution in [-0.4, -0.2) is 43.2 Å². The van der Waals surface area contributed by atoms with E-state index >= 15 is 0 Å². The Morgan fingerprint density at radius 1 is 1.14 bits per heavy atom. The number of amides is 2. The average molecular weight is 517 g/mol. The van der Waals surface area contributed by atoms with Crippen LogP contribution in [0.2, 0.25) is 0 Å². The highest BCUT2D eigenvalue weighted by atomic mass is 32.2. The Labute approximate surface area is 211 Å². The molecule has 0 saturated heterocycles. The van der Waals surface area contributed by atoms with E-state index in [-0.39, 0.29) is 29.1 Å². The summed E-state index contributed by atoms with van der Waals surface area (Å²) in [6, 6.07) is 5.64. The standard InChI is InChI=1S/C25H32N4O4S2/c1-7-13-29(14-8-2)35(32,33)17-11-9-16(10-12-17)22(31)27-23-19(21(26)30)18-15-24(3,4)28-25(5,6)20(18)34-23/h7-12,28H,1-2,13-15H2,3-6H3,(H2,26,30)(H,27,31). The fourth-order valence-electron chi connectivity index (χ4n) is 4.54. The van der Waals surface area contributed by atoms with Gasteiger partial charge >= 0.3 is 0 Å². The molecule has 0 bridgehead atoms. The van der Waals surface area contributed by atoms with Crippen LogP contribution in [0.25, 0.3) is 0 Å². The van der Waals surface area contributed by atoms with Crippen LogP contribution in [0, 0.1) is 0 Å². The maximum absolute atomic E-state index is 13.0. The average Bonchev–Trinajstić information content (AvgIpc) is 3.10. The number of hydrogen-bond donors (Lipinski definition) is 3. The SMILES string of the molecule is C=CCN(CC=C)S(=O)(=O)c1ccc(C(=O)Nc2sc3c(c2C(N)=O)CC(C)(C)NC3(C)C)cc1. The van der Waals surface area contributed by atoms with Crippen molar-refractivity contribution in [3.05, 3.63) is 71.1 Å². The lowest BCUT2D eigenvalue weighted by Crippen LogP contribution is -2.55. The number of hydrogen-bond acceptors (Lipinski definition) is 6. The fourth-order valence-corrected chi connectivity index (χ4v) is 7.20. The van der Waals surface area contributed by atoms with E-state index in [0.29, 0.717) is 17.0 Å². The number of rotatable bonds is 9. The third-order valence-electron chi connectivity index (χ3n) is 5.74. The van der Waals surface area contributed by atoms with Gasteiger partial charge in [0.1, 0.15) is 5.00 Å². The van der Waals surface area contributed by atoms with Crippen molar-refractivity contribution in [2.24, 2.45) is 5.73 Å². The molecule has 188 valence electrons. The van der Waals surface area contributed by atoms with E-state index in [0.717, 1.165) is 10.4 Å². The van der Waals surface area contributed by atoms with Crippen LogP contribution in [0.3, 0.4) is 0 Å². The summed E-state index contributed by atoms with van der Waals surface area (Å²) in [5, 5.41) is 6.78. The largest absolute Gasteiger partial charge is 0.365 e. The van der Waals surface area contributed by atoms with Crippen molar-refractivity contribution < 1.29 is 18.0 Å². The second-order valence-electron chi connectivity index (χ2n) is 9.67. The van der Waals surface area contributed by atoms with Gasteiger partial charge in [0.05, 0.1) is 10.5 Å². The van der Waals surface area contributed by atoms with Crippen LogP contribution in [-0.2, 0) is 22.0 Å². The van der Waals surface area contributed by atoms with Crippen molar-refractivity contribution in [3.63, 3.8) is 0 Å². The number of primary amides is 1. The summed E-state index contributed by atoms with van der Waals surface area (Å²) in [6.07, 6.45) is 3.59. The minimum atomic E-state index is -3.78. The van der Waals surface area contributed by atoms with Gasteiger partial charge in [-0.2, -0.15) is 4.31 Å². The third-order valence-corrected chi connectivity index (χ3v) is 9.05. The number of fused-ring (bicyclic) bond motifs is 1. The highest BCUT2D eigenvalue weighted by Crippen LogP contribution is 2.45. The lowest BCUT2D eigenvalue weighted by atomic mass is 9.81. The molecule has 0 atom stereocenters. The van der Waals surface area contributed by atoms with Gasteiger partial charge in [0.15, 0.2) is 0 Å². The molecule has 0 unspecified atom stereocenters. The van der Waals surface area contributed by atoms with E-state index in [1.54, 1.807) is 0 Å². The van der Waals surface area contributed by atoms with E-state index in [2.05, 4.69) is 37.6 Å². The van der Waals surface area contributed by atoms with Crippen molar-refractivity contribution in [2.75, 3.05) is 18.4 Å². The summed E-state index contributed by atoms with van der Waals surface area (Å²) in [5.74, 6) is -1.06. The summed E-state index contributed by atoms with van der Waals surface area (Å²) in [7, 11) is -3.78. The Hall–Kier alpha value is -2.79. The van der Waals surface area contributed by atoms with Crippen molar-refractivity contribution in [1.29, 1.82) is 0 Å². The van der Waals surface area contributed by atoms with Crippen molar-refractivity contribution in [2.45, 2.75) is 50.1 Å². The Morgan fingerprint density at radius 3 is 2.23 bits per heavy atom. The molecule has 3 rings (SSSR count). The zero-order valence-electron chi connectivity index (χ0n) is 20.5. The molecular weight excluding hydrogens is 484 g/mol. The molecule has 0 radical (unpaired) electrons. The van der Waals surface area contributed by atoms with Gasteiger partial charge in [-0.05, 0) is 63.9 Å². The van der Waals surface area contributed by atoms with E-state index < -0.39 is 27.4 Å². The zero-order chi connectivity index (χ0) is 26.2. The molecule has 2 aromatic rings. The highest BCUT2D eigenvalue weighted by Gasteiger charge is 2.41. The molecule has 2 heterocycles. The molecule has 35 heavy (non-hydrogen) atoms. The summed E-state index contributed by atoms with van der Waals surface area (Å²) in [6.45, 7) is 15.6. The van der Waals surface area contributed by atoms with Gasteiger partial charge in [-0.1, -0.05) is 12.2 Å². The molecule has 8 nitrogen and oxygen atoms in total. The predicted octanol–water partition coefficient (Wildman–Crippen LogP) is 3.62. The van der Waals surface area contributed by atoms with E-state index in [1.807, 2.05) is 13.8 Å². The van der Waals surface area contributed by atoms with Crippen LogP contribution >= 0.6 is 11.3 Å². The summed E-state index contributed by atoms with van der Waals surface area (Å²) in [4.78, 5) is 26.4. The first-order valence-electron chi connectivity index (χ1n) is 11.1. The number of carbonyl (C=O) groups is 2. The number of nitrogens with one attached hydrogen (secondary N) is 2. The van der Waals surface area contributed by atoms with Gasteiger partial charge in [-0.3, -0.25) is 9.59 Å². The van der Waals surface area contributed by atoms with Gasteiger partial charge in [-0.15, -0.1) is 24.5 Å². The number of thiophene rings is 1. The Morgan fingerprint density at radius 2 is 1.71 bits per heavy atom. The minimum absolute atomic E-state index is 0.0530. The first-order valence-corrected chi connectivity index (χ1v) is 13.4. The predicted molar refractivity (Wildman–Crippen MR) is 140 cm³/mol. The monoisotopic (exact) mass is 516 g/mol. The van der Waals surface area contributed by atoms with Crippen LogP contribution in [0.15, 0.2) is 54.5 Å². The Kier molecular flexibility index (Phi) is 7.42. The number of sulfonamides is 1. The topological polar surface area (TPSA) is 122 Å². The van der Waals surface area contributed by atoms with Crippen LogP contribution in [0.1, 0.15) is 58.9 Å². The van der Waals surface area contributed by atoms with Gasteiger partial charge < -0.3 is 16.4 Å². The van der Waals surface area contributed by atoms with Crippen LogP contribution in [0.4, 0.5) is 5.00 Å². The molecule has 0 aliphatic carbocycles. The fraction of sp³-hybridized carbons (Fsp3) is 0.360. The summed E-state index contributed by atoms with van der Waals surface area (Å²) < 4.78 is 27.0. The molecule has 0 spiro atoms. The van der Waals surface area contributed by atoms with Crippen molar-refractivity contribution >= 4 is 38.2 Å². The summed E-state index contributed by atoms with van der Waals surface area (Å²) in [5.41, 5.74) is 6.49. The first-order chi connectivity index (χ1) is 16.2. The maximum atomic E-state index is 13.0. The molecular formula is C25H32N4O4S2. The molecule has 0 fully saturated rings. The lowest BCUT2D eigenvalue weighted by Gasteiger charge is -2.42. The molecule has 1 aromatic carbocycles. The van der Waals surface area contributed by atoms with E-state index in [4.69, 9.17) is 5.73 Å². The van der Waals surface area contributed by atoms with E-state index in [1.165, 1.54) is 52.1 Å². The Balaban J connectivity index is 1.91. The summed E-state index contributed by atoms with van der Waals surface area (Å²) >= 11 is 1.33. The van der Waals surface area contributed by atoms with Gasteiger partial charge in [0.2, 0.25) is 10.0 Å². The van der Waals surface area contributed by atoms with Gasteiger partial charge in [-0.25, -0.2) is 8.42 Å². The Bertz CT molecular complexity index is 1270. The number of nitrogens with two attached hydrogens (primary N) is 1. The van der Waals surface area contributed by atoms with Crippen molar-refractivity contribution in [3.8, 4) is 0 Å². The van der Waals surface area contributed by atoms with Crippen LogP contribution < -0.4 is 16.4 Å². The van der Waals surface area contributed by atoms with Gasteiger partial charge in [0.25, 0.3) is 11.8 Å².